The van der Waals surface area contributed by atoms with Crippen molar-refractivity contribution in [3.05, 3.63) is 17.0 Å². The van der Waals surface area contributed by atoms with Gasteiger partial charge in [0.15, 0.2) is 9.84 Å². The summed E-state index contributed by atoms with van der Waals surface area (Å²) in [6, 6.07) is -0.223. The molecule has 1 aliphatic rings. The number of nitrogens with one attached hydrogen (secondary N) is 1. The van der Waals surface area contributed by atoms with E-state index in [0.29, 0.717) is 25.3 Å². The minimum atomic E-state index is -2.90. The number of rotatable bonds is 4. The van der Waals surface area contributed by atoms with Crippen molar-refractivity contribution in [2.24, 2.45) is 5.92 Å². The number of sulfone groups is 1. The van der Waals surface area contributed by atoms with Crippen LogP contribution < -0.4 is 5.32 Å². The van der Waals surface area contributed by atoms with Crippen molar-refractivity contribution >= 4 is 15.9 Å². The van der Waals surface area contributed by atoms with Crippen LogP contribution in [0.4, 0.5) is 4.79 Å². The third-order valence-electron chi connectivity index (χ3n) is 3.79. The highest BCUT2D eigenvalue weighted by Crippen LogP contribution is 2.18. The van der Waals surface area contributed by atoms with Crippen LogP contribution in [0.15, 0.2) is 4.52 Å². The molecule has 1 fully saturated rings. The van der Waals surface area contributed by atoms with Crippen molar-refractivity contribution in [1.29, 1.82) is 0 Å². The Morgan fingerprint density at radius 3 is 2.71 bits per heavy atom. The van der Waals surface area contributed by atoms with Gasteiger partial charge in [-0.3, -0.25) is 0 Å². The van der Waals surface area contributed by atoms with Gasteiger partial charge in [-0.1, -0.05) is 5.16 Å². The van der Waals surface area contributed by atoms with E-state index >= 15 is 0 Å². The topological polar surface area (TPSA) is 92.5 Å². The molecule has 118 valence electrons. The van der Waals surface area contributed by atoms with E-state index in [0.717, 1.165) is 11.3 Å². The number of carbonyl (C=O) groups excluding carboxylic acids is 1. The summed E-state index contributed by atoms with van der Waals surface area (Å²) in [6.45, 7) is 4.45. The molecule has 0 bridgehead atoms. The number of aryl methyl sites for hydroxylation is 2. The van der Waals surface area contributed by atoms with Crippen molar-refractivity contribution in [1.82, 2.24) is 15.4 Å². The van der Waals surface area contributed by atoms with E-state index < -0.39 is 9.84 Å². The van der Waals surface area contributed by atoms with Gasteiger partial charge in [-0.15, -0.1) is 0 Å². The molecule has 0 radical (unpaired) electrons. The van der Waals surface area contributed by atoms with E-state index in [2.05, 4.69) is 10.5 Å². The lowest BCUT2D eigenvalue weighted by Gasteiger charge is -2.19. The molecule has 1 aromatic heterocycles. The number of amides is 2. The van der Waals surface area contributed by atoms with Crippen molar-refractivity contribution < 1.29 is 17.7 Å². The molecule has 1 aromatic rings. The average Bonchev–Trinajstić information content (AvgIpc) is 2.92. The number of nitrogens with zero attached hydrogens (tertiary/aromatic N) is 2. The van der Waals surface area contributed by atoms with Crippen molar-refractivity contribution in [2.75, 3.05) is 25.1 Å². The normalized spacial score (nSPS) is 20.4. The van der Waals surface area contributed by atoms with E-state index in [-0.39, 0.29) is 23.5 Å². The maximum Gasteiger partial charge on any atom is 0.317 e. The second kappa shape index (κ2) is 6.05. The molecule has 8 heteroatoms. The first-order valence-corrected chi connectivity index (χ1v) is 8.72. The lowest BCUT2D eigenvalue weighted by molar-refractivity contribution is 0.205. The SMILES string of the molecule is Cc1noc(C)c1CN(C)C(=O)NC[C@@H]1CCS(=O)(=O)C1. The average molecular weight is 315 g/mol. The summed E-state index contributed by atoms with van der Waals surface area (Å²) in [7, 11) is -1.21. The second-order valence-corrected chi connectivity index (χ2v) is 7.84. The van der Waals surface area contributed by atoms with Gasteiger partial charge in [-0.25, -0.2) is 13.2 Å². The molecule has 7 nitrogen and oxygen atoms in total. The number of aromatic nitrogens is 1. The van der Waals surface area contributed by atoms with Gasteiger partial charge in [0.05, 0.1) is 23.7 Å². The highest BCUT2D eigenvalue weighted by molar-refractivity contribution is 7.91. The minimum absolute atomic E-state index is 0.0198. The molecular weight excluding hydrogens is 294 g/mol. The summed E-state index contributed by atoms with van der Waals surface area (Å²) in [5.41, 5.74) is 1.67. The quantitative estimate of drug-likeness (QED) is 0.890. The first kappa shape index (κ1) is 15.8. The van der Waals surface area contributed by atoms with Crippen molar-refractivity contribution in [3.63, 3.8) is 0 Å². The Balaban J connectivity index is 1.83. The highest BCUT2D eigenvalue weighted by Gasteiger charge is 2.28. The van der Waals surface area contributed by atoms with Crippen LogP contribution in [0, 0.1) is 19.8 Å². The number of carbonyl (C=O) groups is 1. The summed E-state index contributed by atoms with van der Waals surface area (Å²) >= 11 is 0. The molecule has 1 N–H and O–H groups in total. The first-order valence-electron chi connectivity index (χ1n) is 6.89. The van der Waals surface area contributed by atoms with Crippen LogP contribution in [0.25, 0.3) is 0 Å². The Hall–Kier alpha value is -1.57. The molecular formula is C13H21N3O4S. The Morgan fingerprint density at radius 1 is 1.48 bits per heavy atom. The molecule has 0 aliphatic carbocycles. The Labute approximate surface area is 124 Å². The number of hydrogen-bond acceptors (Lipinski definition) is 5. The third kappa shape index (κ3) is 3.96. The maximum atomic E-state index is 12.0. The molecule has 21 heavy (non-hydrogen) atoms. The number of urea groups is 1. The molecule has 0 unspecified atom stereocenters. The largest absolute Gasteiger partial charge is 0.361 e. The van der Waals surface area contributed by atoms with Gasteiger partial charge in [0, 0.05) is 19.2 Å². The standard InChI is InChI=1S/C13H21N3O4S/c1-9-12(10(2)20-15-9)7-16(3)13(17)14-6-11-4-5-21(18,19)8-11/h11H,4-8H2,1-3H3,(H,14,17)/t11-/m0/s1. The monoisotopic (exact) mass is 315 g/mol. The fourth-order valence-electron chi connectivity index (χ4n) is 2.44. The van der Waals surface area contributed by atoms with E-state index in [1.807, 2.05) is 13.8 Å². The van der Waals surface area contributed by atoms with Crippen LogP contribution in [-0.2, 0) is 16.4 Å². The summed E-state index contributed by atoms with van der Waals surface area (Å²) < 4.78 is 27.8. The Bertz CT molecular complexity index is 604. The van der Waals surface area contributed by atoms with Crippen LogP contribution >= 0.6 is 0 Å². The van der Waals surface area contributed by atoms with E-state index in [1.165, 1.54) is 4.90 Å². The second-order valence-electron chi connectivity index (χ2n) is 5.61. The van der Waals surface area contributed by atoms with Gasteiger partial charge in [-0.2, -0.15) is 0 Å². The molecule has 0 saturated carbocycles. The number of hydrogen-bond donors (Lipinski definition) is 1. The zero-order valence-electron chi connectivity index (χ0n) is 12.5. The fraction of sp³-hybridized carbons (Fsp3) is 0.692. The van der Waals surface area contributed by atoms with Gasteiger partial charge in [0.1, 0.15) is 5.76 Å². The van der Waals surface area contributed by atoms with E-state index in [4.69, 9.17) is 4.52 Å². The van der Waals surface area contributed by atoms with Crippen LogP contribution in [0.5, 0.6) is 0 Å². The van der Waals surface area contributed by atoms with Gasteiger partial charge >= 0.3 is 6.03 Å². The summed E-state index contributed by atoms with van der Waals surface area (Å²) in [5.74, 6) is 1.11. The zero-order valence-corrected chi connectivity index (χ0v) is 13.4. The van der Waals surface area contributed by atoms with Crippen LogP contribution in [0.2, 0.25) is 0 Å². The van der Waals surface area contributed by atoms with E-state index in [9.17, 15) is 13.2 Å². The Kier molecular flexibility index (Phi) is 4.55. The predicted octanol–water partition coefficient (Wildman–Crippen LogP) is 0.868. The van der Waals surface area contributed by atoms with Gasteiger partial charge in [0.2, 0.25) is 0 Å². The third-order valence-corrected chi connectivity index (χ3v) is 5.63. The molecule has 0 spiro atoms. The summed E-state index contributed by atoms with van der Waals surface area (Å²) in [5, 5.41) is 6.64. The highest BCUT2D eigenvalue weighted by atomic mass is 32.2. The molecule has 2 heterocycles. The van der Waals surface area contributed by atoms with E-state index in [1.54, 1.807) is 7.05 Å². The maximum absolute atomic E-state index is 12.0. The minimum Gasteiger partial charge on any atom is -0.361 e. The van der Waals surface area contributed by atoms with Gasteiger partial charge < -0.3 is 14.7 Å². The molecule has 2 rings (SSSR count). The lowest BCUT2D eigenvalue weighted by atomic mass is 10.1. The molecule has 1 saturated heterocycles. The molecule has 2 amide bonds. The van der Waals surface area contributed by atoms with Crippen molar-refractivity contribution in [3.8, 4) is 0 Å². The van der Waals surface area contributed by atoms with Crippen LogP contribution in [-0.4, -0.2) is 49.6 Å². The Morgan fingerprint density at radius 2 is 2.19 bits per heavy atom. The first-order chi connectivity index (χ1) is 9.78. The lowest BCUT2D eigenvalue weighted by Crippen LogP contribution is -2.39. The summed E-state index contributed by atoms with van der Waals surface area (Å²) in [6.07, 6.45) is 0.621. The van der Waals surface area contributed by atoms with Crippen LogP contribution in [0.1, 0.15) is 23.4 Å². The molecule has 0 aromatic carbocycles. The van der Waals surface area contributed by atoms with Crippen LogP contribution in [0.3, 0.4) is 0 Å². The molecule has 1 atom stereocenters. The fourth-order valence-corrected chi connectivity index (χ4v) is 4.30. The molecule has 1 aliphatic heterocycles. The van der Waals surface area contributed by atoms with Gasteiger partial charge in [-0.05, 0) is 26.2 Å². The van der Waals surface area contributed by atoms with Crippen molar-refractivity contribution in [2.45, 2.75) is 26.8 Å². The zero-order chi connectivity index (χ0) is 15.6. The summed E-state index contributed by atoms with van der Waals surface area (Å²) in [4.78, 5) is 13.6. The smallest absolute Gasteiger partial charge is 0.317 e. The predicted molar refractivity (Wildman–Crippen MR) is 77.6 cm³/mol. The van der Waals surface area contributed by atoms with Gasteiger partial charge in [0.25, 0.3) is 0 Å².